The van der Waals surface area contributed by atoms with Gasteiger partial charge in [0.15, 0.2) is 0 Å². The van der Waals surface area contributed by atoms with Crippen LogP contribution in [0.5, 0.6) is 0 Å². The molecular formula is C15H15FN2O4. The Bertz CT molecular complexity index is 815. The lowest BCUT2D eigenvalue weighted by Crippen LogP contribution is -2.51. The van der Waals surface area contributed by atoms with Gasteiger partial charge in [-0.3, -0.25) is 9.59 Å². The quantitative estimate of drug-likeness (QED) is 0.799. The van der Waals surface area contributed by atoms with Crippen molar-refractivity contribution >= 4 is 22.8 Å². The molecule has 0 fully saturated rings. The predicted molar refractivity (Wildman–Crippen MR) is 78.3 cm³/mol. The van der Waals surface area contributed by atoms with Crippen molar-refractivity contribution in [1.82, 2.24) is 10.3 Å². The predicted octanol–water partition coefficient (Wildman–Crippen LogP) is 1.65. The van der Waals surface area contributed by atoms with Crippen molar-refractivity contribution in [3.63, 3.8) is 0 Å². The van der Waals surface area contributed by atoms with Gasteiger partial charge in [0.25, 0.3) is 5.91 Å². The summed E-state index contributed by atoms with van der Waals surface area (Å²) in [6.45, 7) is 3.00. The number of fused-ring (bicyclic) bond motifs is 1. The van der Waals surface area contributed by atoms with E-state index in [4.69, 9.17) is 0 Å². The number of carbonyl (C=O) groups excluding carboxylic acids is 1. The monoisotopic (exact) mass is 306 g/mol. The third-order valence-corrected chi connectivity index (χ3v) is 3.62. The highest BCUT2D eigenvalue weighted by molar-refractivity contribution is 6.07. The molecule has 6 nitrogen and oxygen atoms in total. The summed E-state index contributed by atoms with van der Waals surface area (Å²) in [4.78, 5) is 37.7. The molecule has 7 heteroatoms. The van der Waals surface area contributed by atoms with Crippen molar-refractivity contribution in [1.29, 1.82) is 0 Å². The molecule has 0 radical (unpaired) electrons. The van der Waals surface area contributed by atoms with Crippen LogP contribution in [0, 0.1) is 5.82 Å². The SMILES string of the molecule is CCC(C)(NC(=O)c1cc(=O)[nH]c2cc(F)ccc12)C(=O)O. The molecule has 0 aliphatic carbocycles. The molecule has 22 heavy (non-hydrogen) atoms. The first kappa shape index (κ1) is 15.7. The van der Waals surface area contributed by atoms with Crippen LogP contribution in [0.2, 0.25) is 0 Å². The van der Waals surface area contributed by atoms with Crippen LogP contribution in [0.25, 0.3) is 10.9 Å². The number of benzene rings is 1. The van der Waals surface area contributed by atoms with E-state index in [1.165, 1.54) is 13.0 Å². The smallest absolute Gasteiger partial charge is 0.329 e. The van der Waals surface area contributed by atoms with Gasteiger partial charge in [-0.15, -0.1) is 0 Å². The van der Waals surface area contributed by atoms with Crippen LogP contribution < -0.4 is 10.9 Å². The number of rotatable bonds is 4. The van der Waals surface area contributed by atoms with Crippen molar-refractivity contribution in [2.75, 3.05) is 0 Å². The van der Waals surface area contributed by atoms with Crippen molar-refractivity contribution < 1.29 is 19.1 Å². The second kappa shape index (κ2) is 5.59. The summed E-state index contributed by atoms with van der Waals surface area (Å²) in [6, 6.07) is 4.68. The summed E-state index contributed by atoms with van der Waals surface area (Å²) in [5, 5.41) is 11.9. The number of aliphatic carboxylic acids is 1. The number of aromatic amines is 1. The van der Waals surface area contributed by atoms with E-state index in [9.17, 15) is 23.9 Å². The molecule has 0 saturated carbocycles. The van der Waals surface area contributed by atoms with Crippen LogP contribution >= 0.6 is 0 Å². The molecule has 1 amide bonds. The topological polar surface area (TPSA) is 99.3 Å². The lowest BCUT2D eigenvalue weighted by atomic mass is 9.98. The van der Waals surface area contributed by atoms with Crippen LogP contribution in [-0.4, -0.2) is 27.5 Å². The van der Waals surface area contributed by atoms with E-state index >= 15 is 0 Å². The molecule has 1 unspecified atom stereocenters. The summed E-state index contributed by atoms with van der Waals surface area (Å²) < 4.78 is 13.2. The Morgan fingerprint density at radius 1 is 1.36 bits per heavy atom. The number of halogens is 1. The van der Waals surface area contributed by atoms with Gasteiger partial charge in [0, 0.05) is 11.5 Å². The molecule has 1 heterocycles. The van der Waals surface area contributed by atoms with E-state index in [-0.39, 0.29) is 17.5 Å². The second-order valence-electron chi connectivity index (χ2n) is 5.18. The lowest BCUT2D eigenvalue weighted by Gasteiger charge is -2.24. The lowest BCUT2D eigenvalue weighted by molar-refractivity contribution is -0.143. The van der Waals surface area contributed by atoms with Crippen LogP contribution in [0.3, 0.4) is 0 Å². The number of carbonyl (C=O) groups is 2. The normalized spacial score (nSPS) is 13.6. The van der Waals surface area contributed by atoms with Gasteiger partial charge in [-0.2, -0.15) is 0 Å². The summed E-state index contributed by atoms with van der Waals surface area (Å²) >= 11 is 0. The number of carboxylic acid groups (broad SMARTS) is 1. The number of aromatic nitrogens is 1. The van der Waals surface area contributed by atoms with Gasteiger partial charge in [-0.1, -0.05) is 6.92 Å². The molecule has 0 spiro atoms. The zero-order chi connectivity index (χ0) is 16.5. The average Bonchev–Trinajstić information content (AvgIpc) is 2.45. The largest absolute Gasteiger partial charge is 0.480 e. The number of carboxylic acids is 1. The van der Waals surface area contributed by atoms with E-state index in [0.717, 1.165) is 18.2 Å². The van der Waals surface area contributed by atoms with Gasteiger partial charge in [0.1, 0.15) is 11.4 Å². The molecular weight excluding hydrogens is 291 g/mol. The summed E-state index contributed by atoms with van der Waals surface area (Å²) in [6.07, 6.45) is 0.170. The van der Waals surface area contributed by atoms with E-state index in [1.807, 2.05) is 0 Å². The fourth-order valence-corrected chi connectivity index (χ4v) is 2.03. The van der Waals surface area contributed by atoms with Crippen molar-refractivity contribution in [3.05, 3.63) is 46.0 Å². The number of nitrogens with one attached hydrogen (secondary N) is 2. The van der Waals surface area contributed by atoms with Crippen LogP contribution in [-0.2, 0) is 4.79 Å². The maximum atomic E-state index is 13.2. The highest BCUT2D eigenvalue weighted by Crippen LogP contribution is 2.18. The Morgan fingerprint density at radius 2 is 2.05 bits per heavy atom. The van der Waals surface area contributed by atoms with Crippen molar-refractivity contribution in [2.45, 2.75) is 25.8 Å². The number of H-pyrrole nitrogens is 1. The van der Waals surface area contributed by atoms with Crippen LogP contribution in [0.4, 0.5) is 4.39 Å². The summed E-state index contributed by atoms with van der Waals surface area (Å²) in [5.41, 5.74) is -1.85. The first-order chi connectivity index (χ1) is 10.3. The molecule has 116 valence electrons. The minimum atomic E-state index is -1.45. The fraction of sp³-hybridized carbons (Fsp3) is 0.267. The fourth-order valence-electron chi connectivity index (χ4n) is 2.03. The molecule has 2 aromatic rings. The van der Waals surface area contributed by atoms with Gasteiger partial charge in [0.05, 0.1) is 11.1 Å². The van der Waals surface area contributed by atoms with Gasteiger partial charge in [0.2, 0.25) is 5.56 Å². The average molecular weight is 306 g/mol. The summed E-state index contributed by atoms with van der Waals surface area (Å²) in [7, 11) is 0. The minimum absolute atomic E-state index is 0.000301. The third kappa shape index (κ3) is 2.83. The van der Waals surface area contributed by atoms with Crippen LogP contribution in [0.1, 0.15) is 30.6 Å². The maximum absolute atomic E-state index is 13.2. The number of pyridine rings is 1. The molecule has 0 aliphatic rings. The summed E-state index contributed by atoms with van der Waals surface area (Å²) in [5.74, 6) is -2.43. The Balaban J connectivity index is 2.53. The zero-order valence-electron chi connectivity index (χ0n) is 12.1. The molecule has 1 atom stereocenters. The minimum Gasteiger partial charge on any atom is -0.480 e. The third-order valence-electron chi connectivity index (χ3n) is 3.62. The van der Waals surface area contributed by atoms with Gasteiger partial charge in [-0.25, -0.2) is 9.18 Å². The van der Waals surface area contributed by atoms with E-state index in [2.05, 4.69) is 10.3 Å². The molecule has 0 aliphatic heterocycles. The Labute approximate surface area is 125 Å². The van der Waals surface area contributed by atoms with Crippen molar-refractivity contribution in [3.8, 4) is 0 Å². The molecule has 0 saturated heterocycles. The van der Waals surface area contributed by atoms with E-state index in [0.29, 0.717) is 5.39 Å². The van der Waals surface area contributed by atoms with E-state index < -0.39 is 28.8 Å². The van der Waals surface area contributed by atoms with Gasteiger partial charge < -0.3 is 15.4 Å². The zero-order valence-corrected chi connectivity index (χ0v) is 12.1. The maximum Gasteiger partial charge on any atom is 0.329 e. The standard InChI is InChI=1S/C15H15FN2O4/c1-3-15(2,14(21)22)18-13(20)10-7-12(19)17-11-6-8(16)4-5-9(10)11/h4-7H,3H2,1-2H3,(H,17,19)(H,18,20)(H,21,22). The van der Waals surface area contributed by atoms with Gasteiger partial charge >= 0.3 is 5.97 Å². The number of hydrogen-bond acceptors (Lipinski definition) is 3. The molecule has 3 N–H and O–H groups in total. The molecule has 2 rings (SSSR count). The first-order valence-corrected chi connectivity index (χ1v) is 6.65. The van der Waals surface area contributed by atoms with E-state index in [1.54, 1.807) is 6.92 Å². The van der Waals surface area contributed by atoms with Crippen molar-refractivity contribution in [2.24, 2.45) is 0 Å². The van der Waals surface area contributed by atoms with Gasteiger partial charge in [-0.05, 0) is 31.5 Å². The second-order valence-corrected chi connectivity index (χ2v) is 5.18. The Hall–Kier alpha value is -2.70. The molecule has 1 aromatic carbocycles. The van der Waals surface area contributed by atoms with Crippen LogP contribution in [0.15, 0.2) is 29.1 Å². The highest BCUT2D eigenvalue weighted by atomic mass is 19.1. The molecule has 1 aromatic heterocycles. The highest BCUT2D eigenvalue weighted by Gasteiger charge is 2.33. The first-order valence-electron chi connectivity index (χ1n) is 6.65. The number of amides is 1. The Kier molecular flexibility index (Phi) is 3.99. The molecule has 0 bridgehead atoms. The Morgan fingerprint density at radius 3 is 2.64 bits per heavy atom. The number of hydrogen-bond donors (Lipinski definition) is 3.